The molecule has 50 heavy (non-hydrogen) atoms. The monoisotopic (exact) mass is 686 g/mol. The van der Waals surface area contributed by atoms with Crippen LogP contribution in [-0.2, 0) is 10.5 Å². The molecular formula is C36H40F2N8O4. The molecule has 5 aromatic rings. The summed E-state index contributed by atoms with van der Waals surface area (Å²) in [6.07, 6.45) is 4.65. The van der Waals surface area contributed by atoms with Crippen LogP contribution in [0.5, 0.6) is 5.75 Å². The van der Waals surface area contributed by atoms with Crippen LogP contribution >= 0.6 is 0 Å². The normalized spacial score (nSPS) is 20.6. The van der Waals surface area contributed by atoms with Crippen molar-refractivity contribution < 1.29 is 23.4 Å². The standard InChI is InChI=1S/C36H40F2N8O4/c1-3-34(25(2)47)46-35(48)44(24-41-46)30-7-5-28(6-8-30)42-14-16-43(17-15-42)29-9-11-31(12-10-29)49-20-26-19-36(50-21-26,45-23-39-22-40-45)32-13-4-27(37)18-33(32)38/h4-13,18,22-26,34,47H,3,14-17,19-21H2,1-2H3/t25-,26-,34-,36-/m0/s1. The van der Waals surface area contributed by atoms with E-state index < -0.39 is 23.5 Å². The second-order valence-electron chi connectivity index (χ2n) is 12.9. The fraction of sp³-hybridized carbons (Fsp3) is 0.389. The highest BCUT2D eigenvalue weighted by molar-refractivity contribution is 5.54. The highest BCUT2D eigenvalue weighted by Gasteiger charge is 2.46. The van der Waals surface area contributed by atoms with Gasteiger partial charge >= 0.3 is 5.69 Å². The van der Waals surface area contributed by atoms with Crippen molar-refractivity contribution in [2.75, 3.05) is 49.2 Å². The number of nitrogens with zero attached hydrogens (tertiary/aromatic N) is 8. The van der Waals surface area contributed by atoms with Crippen molar-refractivity contribution in [2.45, 2.75) is 44.6 Å². The fourth-order valence-corrected chi connectivity index (χ4v) is 7.00. The first-order chi connectivity index (χ1) is 24.3. The Morgan fingerprint density at radius 3 is 2.20 bits per heavy atom. The predicted octanol–water partition coefficient (Wildman–Crippen LogP) is 4.38. The lowest BCUT2D eigenvalue weighted by Gasteiger charge is -2.37. The van der Waals surface area contributed by atoms with E-state index in [1.54, 1.807) is 6.92 Å². The van der Waals surface area contributed by atoms with Gasteiger partial charge in [-0.3, -0.25) is 0 Å². The van der Waals surface area contributed by atoms with Crippen LogP contribution in [0.4, 0.5) is 20.2 Å². The molecule has 0 radical (unpaired) electrons. The summed E-state index contributed by atoms with van der Waals surface area (Å²) in [7, 11) is 0. The van der Waals surface area contributed by atoms with E-state index >= 15 is 0 Å². The second kappa shape index (κ2) is 14.0. The van der Waals surface area contributed by atoms with Crippen LogP contribution in [0.3, 0.4) is 0 Å². The molecule has 2 fully saturated rings. The zero-order valence-electron chi connectivity index (χ0n) is 28.0. The predicted molar refractivity (Wildman–Crippen MR) is 183 cm³/mol. The summed E-state index contributed by atoms with van der Waals surface area (Å²) in [5.74, 6) is -0.699. The Morgan fingerprint density at radius 2 is 1.60 bits per heavy atom. The summed E-state index contributed by atoms with van der Waals surface area (Å²) >= 11 is 0. The molecule has 0 aliphatic carbocycles. The van der Waals surface area contributed by atoms with E-state index in [1.807, 2.05) is 43.3 Å². The molecule has 0 spiro atoms. The molecule has 2 aliphatic rings. The Labute approximate surface area is 288 Å². The molecule has 14 heteroatoms. The van der Waals surface area contributed by atoms with Gasteiger partial charge < -0.3 is 24.4 Å². The van der Waals surface area contributed by atoms with E-state index in [4.69, 9.17) is 9.47 Å². The van der Waals surface area contributed by atoms with E-state index in [0.717, 1.165) is 55.1 Å². The molecule has 3 aromatic carbocycles. The Morgan fingerprint density at radius 1 is 0.940 bits per heavy atom. The molecule has 1 N–H and O–H groups in total. The zero-order valence-corrected chi connectivity index (χ0v) is 28.0. The van der Waals surface area contributed by atoms with Crippen molar-refractivity contribution in [3.63, 3.8) is 0 Å². The largest absolute Gasteiger partial charge is 0.493 e. The first-order valence-electron chi connectivity index (χ1n) is 16.9. The summed E-state index contributed by atoms with van der Waals surface area (Å²) in [6, 6.07) is 19.0. The van der Waals surface area contributed by atoms with Crippen LogP contribution in [0.2, 0.25) is 0 Å². The van der Waals surface area contributed by atoms with Crippen LogP contribution in [0.1, 0.15) is 38.3 Å². The number of aliphatic hydroxyl groups is 1. The van der Waals surface area contributed by atoms with Gasteiger partial charge in [0.1, 0.15) is 36.4 Å². The van der Waals surface area contributed by atoms with Crippen molar-refractivity contribution in [1.82, 2.24) is 29.1 Å². The number of halogens is 2. The maximum Gasteiger partial charge on any atom is 0.350 e. The molecule has 7 rings (SSSR count). The van der Waals surface area contributed by atoms with Gasteiger partial charge in [0.05, 0.1) is 31.0 Å². The lowest BCUT2D eigenvalue weighted by molar-refractivity contribution is -0.0390. The van der Waals surface area contributed by atoms with Crippen molar-refractivity contribution >= 4 is 11.4 Å². The summed E-state index contributed by atoms with van der Waals surface area (Å²) < 4.78 is 45.2. The number of aliphatic hydroxyl groups excluding tert-OH is 1. The topological polar surface area (TPSA) is 116 Å². The van der Waals surface area contributed by atoms with E-state index in [-0.39, 0.29) is 23.2 Å². The Bertz CT molecular complexity index is 1940. The van der Waals surface area contributed by atoms with Crippen LogP contribution in [-0.4, -0.2) is 79.7 Å². The average molecular weight is 687 g/mol. The molecule has 0 unspecified atom stereocenters. The fourth-order valence-electron chi connectivity index (χ4n) is 7.00. The number of hydrogen-bond acceptors (Lipinski definition) is 9. The Balaban J connectivity index is 0.928. The number of benzene rings is 3. The molecule has 262 valence electrons. The first kappa shape index (κ1) is 33.4. The van der Waals surface area contributed by atoms with Gasteiger partial charge in [-0.25, -0.2) is 32.5 Å². The van der Waals surface area contributed by atoms with Gasteiger partial charge in [-0.2, -0.15) is 10.2 Å². The molecule has 2 aliphatic heterocycles. The third kappa shape index (κ3) is 6.48. The summed E-state index contributed by atoms with van der Waals surface area (Å²) in [5, 5.41) is 18.5. The maximum atomic E-state index is 14.9. The average Bonchev–Trinajstić information content (AvgIpc) is 3.90. The summed E-state index contributed by atoms with van der Waals surface area (Å²) in [6.45, 7) is 7.62. The second-order valence-corrected chi connectivity index (χ2v) is 12.9. The molecule has 0 saturated carbocycles. The molecule has 12 nitrogen and oxygen atoms in total. The van der Waals surface area contributed by atoms with E-state index in [1.165, 1.54) is 45.0 Å². The van der Waals surface area contributed by atoms with Gasteiger partial charge in [0.2, 0.25) is 0 Å². The lowest BCUT2D eigenvalue weighted by Crippen LogP contribution is -2.46. The van der Waals surface area contributed by atoms with Gasteiger partial charge in [-0.1, -0.05) is 6.92 Å². The number of ether oxygens (including phenoxy) is 2. The third-order valence-corrected chi connectivity index (χ3v) is 9.71. The van der Waals surface area contributed by atoms with Gasteiger partial charge in [0.15, 0.2) is 5.72 Å². The van der Waals surface area contributed by atoms with Crippen LogP contribution in [0, 0.1) is 17.6 Å². The van der Waals surface area contributed by atoms with Crippen molar-refractivity contribution in [1.29, 1.82) is 0 Å². The molecular weight excluding hydrogens is 646 g/mol. The van der Waals surface area contributed by atoms with Gasteiger partial charge in [0, 0.05) is 61.5 Å². The van der Waals surface area contributed by atoms with E-state index in [2.05, 4.69) is 37.1 Å². The minimum atomic E-state index is -1.24. The number of anilines is 2. The highest BCUT2D eigenvalue weighted by atomic mass is 19.1. The SMILES string of the molecule is CC[C@@H]([C@H](C)O)n1ncn(-c2ccc(N3CCN(c4ccc(OC[C@H]5CO[C@@](c6ccc(F)cc6F)(n6cncn6)C5)cc4)CC3)cc2)c1=O. The molecule has 2 saturated heterocycles. The Kier molecular flexibility index (Phi) is 9.38. The number of aromatic nitrogens is 6. The third-order valence-electron chi connectivity index (χ3n) is 9.71. The van der Waals surface area contributed by atoms with Crippen LogP contribution in [0.15, 0.2) is 90.5 Å². The van der Waals surface area contributed by atoms with Crippen molar-refractivity contribution in [2.24, 2.45) is 5.92 Å². The molecule has 0 amide bonds. The van der Waals surface area contributed by atoms with E-state index in [0.29, 0.717) is 26.1 Å². The van der Waals surface area contributed by atoms with Crippen molar-refractivity contribution in [3.05, 3.63) is 113 Å². The summed E-state index contributed by atoms with van der Waals surface area (Å²) in [5.41, 5.74) is 1.60. The van der Waals surface area contributed by atoms with Crippen molar-refractivity contribution in [3.8, 4) is 11.4 Å². The van der Waals surface area contributed by atoms with Gasteiger partial charge in [0.25, 0.3) is 0 Å². The quantitative estimate of drug-likeness (QED) is 0.216. The molecule has 2 aromatic heterocycles. The number of piperazine rings is 1. The molecule has 0 bridgehead atoms. The van der Waals surface area contributed by atoms with Gasteiger partial charge in [-0.05, 0) is 74.0 Å². The van der Waals surface area contributed by atoms with Crippen LogP contribution in [0.25, 0.3) is 5.69 Å². The minimum Gasteiger partial charge on any atom is -0.493 e. The smallest absolute Gasteiger partial charge is 0.350 e. The highest BCUT2D eigenvalue weighted by Crippen LogP contribution is 2.41. The minimum absolute atomic E-state index is 0.0624. The summed E-state index contributed by atoms with van der Waals surface area (Å²) in [4.78, 5) is 21.7. The maximum absolute atomic E-state index is 14.9. The molecule has 4 heterocycles. The van der Waals surface area contributed by atoms with E-state index in [9.17, 15) is 18.7 Å². The number of rotatable bonds is 11. The van der Waals surface area contributed by atoms with Crippen LogP contribution < -0.4 is 20.2 Å². The van der Waals surface area contributed by atoms with Gasteiger partial charge in [-0.15, -0.1) is 0 Å². The lowest BCUT2D eigenvalue weighted by atomic mass is 9.94. The first-order valence-corrected chi connectivity index (χ1v) is 16.9. The molecule has 4 atom stereocenters. The Hall–Kier alpha value is -5.08. The zero-order chi connectivity index (χ0) is 34.8. The number of hydrogen-bond donors (Lipinski definition) is 1.